The van der Waals surface area contributed by atoms with Gasteiger partial charge in [-0.15, -0.1) is 0 Å². The number of halogens is 3. The Balaban J connectivity index is 1.09. The van der Waals surface area contributed by atoms with Crippen LogP contribution in [0.25, 0.3) is 10.9 Å². The number of carbonyl (C=O) groups is 1. The van der Waals surface area contributed by atoms with Crippen molar-refractivity contribution in [1.29, 1.82) is 0 Å². The number of nitrogens with one attached hydrogen (secondary N) is 2. The highest BCUT2D eigenvalue weighted by molar-refractivity contribution is 6.31. The largest absolute Gasteiger partial charge is 0.491 e. The normalized spacial score (nSPS) is 19.9. The van der Waals surface area contributed by atoms with Crippen molar-refractivity contribution in [3.05, 3.63) is 74.5 Å². The van der Waals surface area contributed by atoms with Crippen LogP contribution in [-0.2, 0) is 0 Å². The maximum absolute atomic E-state index is 14.2. The first-order valence-corrected chi connectivity index (χ1v) is 14.2. The fraction of sp³-hybridized carbons (Fsp3) is 0.467. The number of pyridine rings is 1. The first-order valence-electron chi connectivity index (χ1n) is 13.8. The number of hydrogen-bond acceptors (Lipinski definition) is 5. The molecule has 0 radical (unpaired) electrons. The predicted molar refractivity (Wildman–Crippen MR) is 150 cm³/mol. The van der Waals surface area contributed by atoms with Crippen LogP contribution in [0.1, 0.15) is 60.5 Å². The molecule has 1 aromatic heterocycles. The van der Waals surface area contributed by atoms with E-state index in [1.165, 1.54) is 12.1 Å². The van der Waals surface area contributed by atoms with E-state index in [9.17, 15) is 23.5 Å². The van der Waals surface area contributed by atoms with Gasteiger partial charge in [-0.05, 0) is 81.7 Å². The van der Waals surface area contributed by atoms with Crippen LogP contribution in [0.15, 0.2) is 41.3 Å². The molecule has 3 N–H and O–H groups in total. The summed E-state index contributed by atoms with van der Waals surface area (Å²) in [4.78, 5) is 26.2. The van der Waals surface area contributed by atoms with E-state index in [1.54, 1.807) is 25.3 Å². The summed E-state index contributed by atoms with van der Waals surface area (Å²) in [5.74, 6) is -0.679. The third-order valence-electron chi connectivity index (χ3n) is 7.84. The molecule has 7 nitrogen and oxygen atoms in total. The molecule has 1 heterocycles. The van der Waals surface area contributed by atoms with Gasteiger partial charge in [-0.1, -0.05) is 17.7 Å². The number of aromatic nitrogens is 1. The van der Waals surface area contributed by atoms with E-state index in [2.05, 4.69) is 10.6 Å². The lowest BCUT2D eigenvalue weighted by Gasteiger charge is -2.29. The maximum atomic E-state index is 14.2. The van der Waals surface area contributed by atoms with Gasteiger partial charge in [0, 0.05) is 36.3 Å². The van der Waals surface area contributed by atoms with Crippen molar-refractivity contribution in [3.63, 3.8) is 0 Å². The molecule has 0 unspecified atom stereocenters. The molecule has 0 aliphatic heterocycles. The standard InChI is InChI=1S/C30H34ClF2N3O4/c1-17-2-9-22(10-26(17)32)40-16-21(37)14-34-13-18-3-5-19(6-4-18)35-30(39)24-15-36(20-7-8-20)28-12-25(31)27(33)11-23(28)29(24)38/h2,9-12,15,18-21,34,37H,3-8,13-14,16H2,1H3,(H,35,39)/t18?,19?,21-/m0/s1. The van der Waals surface area contributed by atoms with Crippen molar-refractivity contribution in [2.75, 3.05) is 19.7 Å². The fourth-order valence-electron chi connectivity index (χ4n) is 5.30. The third kappa shape index (κ3) is 6.65. The number of fused-ring (bicyclic) bond motifs is 1. The molecule has 2 aliphatic carbocycles. The number of rotatable bonds is 10. The summed E-state index contributed by atoms with van der Waals surface area (Å²) in [6, 6.07) is 7.33. The molecule has 1 atom stereocenters. The van der Waals surface area contributed by atoms with Crippen LogP contribution >= 0.6 is 11.6 Å². The second-order valence-corrected chi connectivity index (χ2v) is 11.4. The van der Waals surface area contributed by atoms with Gasteiger partial charge in [-0.25, -0.2) is 8.78 Å². The second kappa shape index (κ2) is 12.2. The zero-order valence-corrected chi connectivity index (χ0v) is 23.1. The Morgan fingerprint density at radius 2 is 1.88 bits per heavy atom. The Labute approximate surface area is 236 Å². The van der Waals surface area contributed by atoms with Crippen LogP contribution in [0, 0.1) is 24.5 Å². The Kier molecular flexibility index (Phi) is 8.73. The minimum atomic E-state index is -0.730. The number of amides is 1. The Morgan fingerprint density at radius 3 is 2.58 bits per heavy atom. The van der Waals surface area contributed by atoms with Gasteiger partial charge in [-0.3, -0.25) is 9.59 Å². The van der Waals surface area contributed by atoms with Gasteiger partial charge >= 0.3 is 0 Å². The molecule has 3 aromatic rings. The summed E-state index contributed by atoms with van der Waals surface area (Å²) in [6.07, 6.45) is 6.06. The topological polar surface area (TPSA) is 92.6 Å². The number of benzene rings is 2. The van der Waals surface area contributed by atoms with Gasteiger partial charge in [0.15, 0.2) is 0 Å². The highest BCUT2D eigenvalue weighted by Crippen LogP contribution is 2.37. The SMILES string of the molecule is Cc1ccc(OC[C@@H](O)CNCC2CCC(NC(=O)c3cn(C4CC4)c4cc(Cl)c(F)cc4c3=O)CC2)cc1F. The van der Waals surface area contributed by atoms with Gasteiger partial charge in [-0.2, -0.15) is 0 Å². The van der Waals surface area contributed by atoms with Crippen LogP contribution in [0.4, 0.5) is 8.78 Å². The molecule has 0 spiro atoms. The maximum Gasteiger partial charge on any atom is 0.256 e. The summed E-state index contributed by atoms with van der Waals surface area (Å²) in [6.45, 7) is 2.81. The van der Waals surface area contributed by atoms with Crippen LogP contribution in [-0.4, -0.2) is 47.4 Å². The quantitative estimate of drug-likeness (QED) is 0.321. The molecule has 5 rings (SSSR count). The van der Waals surface area contributed by atoms with Crippen molar-refractivity contribution >= 4 is 28.4 Å². The van der Waals surface area contributed by atoms with Gasteiger partial charge in [0.05, 0.1) is 10.5 Å². The van der Waals surface area contributed by atoms with Crippen molar-refractivity contribution in [1.82, 2.24) is 15.2 Å². The molecule has 40 heavy (non-hydrogen) atoms. The molecule has 2 aromatic carbocycles. The van der Waals surface area contributed by atoms with E-state index in [0.717, 1.165) is 51.1 Å². The molecule has 214 valence electrons. The summed E-state index contributed by atoms with van der Waals surface area (Å²) >= 11 is 5.97. The second-order valence-electron chi connectivity index (χ2n) is 11.0. The van der Waals surface area contributed by atoms with Gasteiger partial charge in [0.2, 0.25) is 5.43 Å². The summed E-state index contributed by atoms with van der Waals surface area (Å²) < 4.78 is 35.2. The summed E-state index contributed by atoms with van der Waals surface area (Å²) in [5, 5.41) is 16.6. The zero-order valence-electron chi connectivity index (χ0n) is 22.4. The van der Waals surface area contributed by atoms with Gasteiger partial charge < -0.3 is 25.0 Å². The number of aryl methyl sites for hydroxylation is 1. The third-order valence-corrected chi connectivity index (χ3v) is 8.13. The van der Waals surface area contributed by atoms with Crippen LogP contribution in [0.5, 0.6) is 5.75 Å². The lowest BCUT2D eigenvalue weighted by atomic mass is 9.86. The van der Waals surface area contributed by atoms with Crippen LogP contribution < -0.4 is 20.8 Å². The predicted octanol–water partition coefficient (Wildman–Crippen LogP) is 4.89. The first-order chi connectivity index (χ1) is 19.2. The molecule has 2 fully saturated rings. The molecule has 2 aliphatic rings. The molecular weight excluding hydrogens is 540 g/mol. The van der Waals surface area contributed by atoms with E-state index < -0.39 is 23.3 Å². The van der Waals surface area contributed by atoms with Gasteiger partial charge in [0.25, 0.3) is 5.91 Å². The smallest absolute Gasteiger partial charge is 0.256 e. The highest BCUT2D eigenvalue weighted by atomic mass is 35.5. The number of aliphatic hydroxyl groups excluding tert-OH is 1. The summed E-state index contributed by atoms with van der Waals surface area (Å²) in [7, 11) is 0. The average molecular weight is 574 g/mol. The fourth-order valence-corrected chi connectivity index (χ4v) is 5.46. The minimum absolute atomic E-state index is 0.0227. The van der Waals surface area contributed by atoms with Crippen molar-refractivity contribution in [2.24, 2.45) is 5.92 Å². The number of ether oxygens (including phenoxy) is 1. The molecule has 10 heteroatoms. The summed E-state index contributed by atoms with van der Waals surface area (Å²) in [5.41, 5.74) is 0.614. The number of aliphatic hydroxyl groups is 1. The zero-order chi connectivity index (χ0) is 28.4. The monoisotopic (exact) mass is 573 g/mol. The Hall–Kier alpha value is -3.01. The number of hydrogen-bond donors (Lipinski definition) is 3. The highest BCUT2D eigenvalue weighted by Gasteiger charge is 2.29. The Bertz CT molecular complexity index is 1450. The molecule has 0 bridgehead atoms. The lowest BCUT2D eigenvalue weighted by Crippen LogP contribution is -2.41. The first kappa shape index (κ1) is 28.5. The van der Waals surface area contributed by atoms with Crippen LogP contribution in [0.2, 0.25) is 5.02 Å². The molecule has 0 saturated heterocycles. The van der Waals surface area contributed by atoms with E-state index in [1.807, 2.05) is 4.57 Å². The van der Waals surface area contributed by atoms with Crippen molar-refractivity contribution in [3.8, 4) is 5.75 Å². The van der Waals surface area contributed by atoms with Gasteiger partial charge in [0.1, 0.15) is 35.7 Å². The lowest BCUT2D eigenvalue weighted by molar-refractivity contribution is 0.0916. The van der Waals surface area contributed by atoms with E-state index >= 15 is 0 Å². The van der Waals surface area contributed by atoms with E-state index in [4.69, 9.17) is 16.3 Å². The number of nitrogens with zero attached hydrogens (tertiary/aromatic N) is 1. The molecule has 1 amide bonds. The number of carbonyl (C=O) groups excluding carboxylic acids is 1. The minimum Gasteiger partial charge on any atom is -0.491 e. The Morgan fingerprint density at radius 1 is 1.12 bits per heavy atom. The van der Waals surface area contributed by atoms with Crippen molar-refractivity contribution < 1.29 is 23.4 Å². The molecular formula is C30H34ClF2N3O4. The van der Waals surface area contributed by atoms with E-state index in [0.29, 0.717) is 29.3 Å². The molecule has 2 saturated carbocycles. The average Bonchev–Trinajstić information content (AvgIpc) is 3.77. The van der Waals surface area contributed by atoms with Crippen LogP contribution in [0.3, 0.4) is 0 Å². The van der Waals surface area contributed by atoms with E-state index in [-0.39, 0.29) is 40.5 Å². The van der Waals surface area contributed by atoms with Crippen molar-refractivity contribution in [2.45, 2.75) is 63.6 Å².